The highest BCUT2D eigenvalue weighted by molar-refractivity contribution is 5.88. The van der Waals surface area contributed by atoms with Gasteiger partial charge in [0, 0.05) is 53.1 Å². The van der Waals surface area contributed by atoms with Crippen molar-refractivity contribution in [3.05, 3.63) is 155 Å². The molecule has 3 aliphatic rings. The summed E-state index contributed by atoms with van der Waals surface area (Å²) in [5.74, 6) is 0. The molecule has 2 heteroatoms. The summed E-state index contributed by atoms with van der Waals surface area (Å²) in [5, 5.41) is 0. The van der Waals surface area contributed by atoms with Crippen molar-refractivity contribution in [2.24, 2.45) is 0 Å². The predicted octanol–water partition coefficient (Wildman–Crippen LogP) is 12.1. The van der Waals surface area contributed by atoms with E-state index in [2.05, 4.69) is 187 Å². The number of hydrogen-bond donors (Lipinski definition) is 0. The third-order valence-corrected chi connectivity index (χ3v) is 12.3. The van der Waals surface area contributed by atoms with Crippen molar-refractivity contribution in [2.75, 3.05) is 23.9 Å². The van der Waals surface area contributed by atoms with Crippen molar-refractivity contribution in [2.45, 2.75) is 57.8 Å². The van der Waals surface area contributed by atoms with Crippen LogP contribution in [-0.4, -0.2) is 14.1 Å². The molecule has 2 nitrogen and oxygen atoms in total. The highest BCUT2D eigenvalue weighted by Crippen LogP contribution is 2.54. The molecule has 0 saturated heterocycles. The number of fused-ring (bicyclic) bond motifs is 9. The smallest absolute Gasteiger partial charge is 0.0411 e. The largest absolute Gasteiger partial charge is 0.345 e. The molecule has 6 aromatic carbocycles. The van der Waals surface area contributed by atoms with Crippen molar-refractivity contribution < 1.29 is 0 Å². The van der Waals surface area contributed by atoms with Crippen LogP contribution in [0.15, 0.2) is 121 Å². The van der Waals surface area contributed by atoms with Crippen LogP contribution in [0.5, 0.6) is 0 Å². The maximum Gasteiger partial charge on any atom is 0.0411 e. The Labute approximate surface area is 291 Å². The summed E-state index contributed by atoms with van der Waals surface area (Å²) in [6, 6.07) is 45.9. The van der Waals surface area contributed by atoms with Crippen molar-refractivity contribution in [1.29, 1.82) is 0 Å². The molecule has 0 bridgehead atoms. The maximum absolute atomic E-state index is 2.42. The van der Waals surface area contributed by atoms with Gasteiger partial charge >= 0.3 is 0 Å². The fraction of sp³-hybridized carbons (Fsp3) is 0.234. The van der Waals surface area contributed by atoms with Gasteiger partial charge in [0.25, 0.3) is 0 Å². The summed E-state index contributed by atoms with van der Waals surface area (Å²) < 4.78 is 0. The Balaban J connectivity index is 1.03. The Hall–Kier alpha value is -5.08. The fourth-order valence-electron chi connectivity index (χ4n) is 9.23. The molecule has 0 aromatic heterocycles. The minimum atomic E-state index is -0.124. The van der Waals surface area contributed by atoms with E-state index < -0.39 is 0 Å². The molecule has 0 spiro atoms. The molecule has 0 fully saturated rings. The number of anilines is 4. The SMILES string of the molecule is CN(c1ccc2c(c1)C(C)(C)c1ccccc1-2)c1ccc2c(c1)C(C)(C)c1cc(N(C)c3ccc4c(c3)C(C)(C)c3ccccc3-4)ccc1-2. The van der Waals surface area contributed by atoms with Crippen molar-refractivity contribution >= 4 is 22.7 Å². The lowest BCUT2D eigenvalue weighted by Crippen LogP contribution is -2.18. The van der Waals surface area contributed by atoms with E-state index >= 15 is 0 Å². The van der Waals surface area contributed by atoms with Crippen LogP contribution in [-0.2, 0) is 16.2 Å². The van der Waals surface area contributed by atoms with Crippen LogP contribution in [0.25, 0.3) is 33.4 Å². The lowest BCUT2D eigenvalue weighted by molar-refractivity contribution is 0.659. The fourth-order valence-corrected chi connectivity index (χ4v) is 9.23. The van der Waals surface area contributed by atoms with Crippen LogP contribution in [0.3, 0.4) is 0 Å². The van der Waals surface area contributed by atoms with E-state index in [0.717, 1.165) is 0 Å². The van der Waals surface area contributed by atoms with Gasteiger partial charge in [-0.25, -0.2) is 0 Å². The van der Waals surface area contributed by atoms with Crippen LogP contribution < -0.4 is 9.80 Å². The Morgan fingerprint density at radius 3 is 0.857 bits per heavy atom. The molecule has 0 amide bonds. The number of benzene rings is 6. The van der Waals surface area contributed by atoms with E-state index in [0.29, 0.717) is 0 Å². The molecular formula is C47H44N2. The maximum atomic E-state index is 2.42. The standard InChI is InChI=1S/C47H44N2/c1-45(2)39-15-11-9-13-33(39)35-21-17-29(25-41(35)45)48(7)31-19-23-37-38-24-20-32(28-44(38)47(5,6)43(37)27-31)49(8)30-18-22-36-34-14-10-12-16-40(34)46(3,4)42(36)26-30/h9-28H,1-8H3. The van der Waals surface area contributed by atoms with E-state index in [1.54, 1.807) is 0 Å². The minimum Gasteiger partial charge on any atom is -0.345 e. The van der Waals surface area contributed by atoms with Gasteiger partial charge in [0.15, 0.2) is 0 Å². The summed E-state index contributed by atoms with van der Waals surface area (Å²) in [4.78, 5) is 4.71. The molecule has 0 aliphatic heterocycles. The summed E-state index contributed by atoms with van der Waals surface area (Å²) in [5.41, 5.74) is 21.2. The van der Waals surface area contributed by atoms with Gasteiger partial charge in [-0.3, -0.25) is 0 Å². The van der Waals surface area contributed by atoms with Crippen molar-refractivity contribution in [3.8, 4) is 33.4 Å². The first-order valence-electron chi connectivity index (χ1n) is 17.6. The summed E-state index contributed by atoms with van der Waals surface area (Å²) in [7, 11) is 4.41. The molecule has 6 aromatic rings. The Morgan fingerprint density at radius 1 is 0.306 bits per heavy atom. The predicted molar refractivity (Wildman–Crippen MR) is 208 cm³/mol. The highest BCUT2D eigenvalue weighted by atomic mass is 15.1. The van der Waals surface area contributed by atoms with E-state index in [4.69, 9.17) is 0 Å². The molecule has 49 heavy (non-hydrogen) atoms. The first-order chi connectivity index (χ1) is 23.4. The first kappa shape index (κ1) is 30.0. The van der Waals surface area contributed by atoms with E-state index in [9.17, 15) is 0 Å². The molecule has 3 aliphatic carbocycles. The Morgan fingerprint density at radius 2 is 0.551 bits per heavy atom. The van der Waals surface area contributed by atoms with Crippen LogP contribution in [0.4, 0.5) is 22.7 Å². The highest BCUT2D eigenvalue weighted by Gasteiger charge is 2.38. The van der Waals surface area contributed by atoms with Crippen molar-refractivity contribution in [1.82, 2.24) is 0 Å². The monoisotopic (exact) mass is 636 g/mol. The Kier molecular flexibility index (Phi) is 6.11. The van der Waals surface area contributed by atoms with Crippen LogP contribution >= 0.6 is 0 Å². The second-order valence-electron chi connectivity index (χ2n) is 16.0. The van der Waals surface area contributed by atoms with Crippen molar-refractivity contribution in [3.63, 3.8) is 0 Å². The number of nitrogens with zero attached hydrogens (tertiary/aromatic N) is 2. The molecule has 0 unspecified atom stereocenters. The van der Waals surface area contributed by atoms with Gasteiger partial charge < -0.3 is 9.80 Å². The second kappa shape index (κ2) is 9.98. The van der Waals surface area contributed by atoms with Gasteiger partial charge in [-0.2, -0.15) is 0 Å². The topological polar surface area (TPSA) is 6.48 Å². The zero-order valence-electron chi connectivity index (χ0n) is 29.9. The summed E-state index contributed by atoms with van der Waals surface area (Å²) >= 11 is 0. The van der Waals surface area contributed by atoms with E-state index in [1.807, 2.05) is 0 Å². The molecule has 0 saturated carbocycles. The quantitative estimate of drug-likeness (QED) is 0.190. The molecule has 0 N–H and O–H groups in total. The average molecular weight is 637 g/mol. The van der Waals surface area contributed by atoms with Gasteiger partial charge in [-0.05, 0) is 115 Å². The third-order valence-electron chi connectivity index (χ3n) is 12.3. The minimum absolute atomic E-state index is 0.0176. The zero-order valence-corrected chi connectivity index (χ0v) is 29.9. The Bertz CT molecular complexity index is 2190. The van der Waals surface area contributed by atoms with Gasteiger partial charge in [0.1, 0.15) is 0 Å². The van der Waals surface area contributed by atoms with Crippen LogP contribution in [0.1, 0.15) is 74.9 Å². The van der Waals surface area contributed by atoms with E-state index in [1.165, 1.54) is 89.5 Å². The van der Waals surface area contributed by atoms with Gasteiger partial charge in [0.05, 0.1) is 0 Å². The molecule has 9 rings (SSSR count). The van der Waals surface area contributed by atoms with Crippen LogP contribution in [0, 0.1) is 0 Å². The first-order valence-corrected chi connectivity index (χ1v) is 17.6. The van der Waals surface area contributed by atoms with E-state index in [-0.39, 0.29) is 16.2 Å². The molecule has 0 atom stereocenters. The van der Waals surface area contributed by atoms with Gasteiger partial charge in [0.2, 0.25) is 0 Å². The third kappa shape index (κ3) is 4.07. The normalized spacial score (nSPS) is 16.2. The molecular weight excluding hydrogens is 593 g/mol. The molecule has 242 valence electrons. The zero-order chi connectivity index (χ0) is 34.0. The van der Waals surface area contributed by atoms with Crippen LogP contribution in [0.2, 0.25) is 0 Å². The number of rotatable bonds is 4. The van der Waals surface area contributed by atoms with Gasteiger partial charge in [-0.15, -0.1) is 0 Å². The summed E-state index contributed by atoms with van der Waals surface area (Å²) in [6.45, 7) is 14.2. The second-order valence-corrected chi connectivity index (χ2v) is 16.0. The molecule has 0 radical (unpaired) electrons. The summed E-state index contributed by atoms with van der Waals surface area (Å²) in [6.07, 6.45) is 0. The lowest BCUT2D eigenvalue weighted by Gasteiger charge is -2.28. The average Bonchev–Trinajstić information content (AvgIpc) is 3.59. The van der Waals surface area contributed by atoms with Gasteiger partial charge in [-0.1, -0.05) is 114 Å². The molecule has 0 heterocycles. The number of hydrogen-bond acceptors (Lipinski definition) is 2. The lowest BCUT2D eigenvalue weighted by atomic mass is 9.82.